The summed E-state index contributed by atoms with van der Waals surface area (Å²) in [5.41, 5.74) is 0.509. The number of carbonyl (C=O) groups excluding carboxylic acids is 1. The van der Waals surface area contributed by atoms with Gasteiger partial charge in [-0.1, -0.05) is 41.6 Å². The van der Waals surface area contributed by atoms with Gasteiger partial charge in [0.25, 0.3) is 0 Å². The molecule has 2 aromatic carbocycles. The monoisotopic (exact) mass is 396 g/mol. The molecule has 0 bridgehead atoms. The van der Waals surface area contributed by atoms with E-state index in [0.717, 1.165) is 14.6 Å². The summed E-state index contributed by atoms with van der Waals surface area (Å²) in [5.74, 6) is -0.219. The number of Topliss-reactive ketones (excluding diaryl/α,β-unsaturated/α-hetero) is 1. The number of benzene rings is 2. The highest BCUT2D eigenvalue weighted by atomic mass is 35.5. The fraction of sp³-hybridized carbons (Fsp3) is 0.0526. The normalized spacial score (nSPS) is 11.0. The Bertz CT molecular complexity index is 1170. The largest absolute Gasteiger partial charge is 0.352 e. The van der Waals surface area contributed by atoms with E-state index in [1.807, 2.05) is 30.3 Å². The summed E-state index contributed by atoms with van der Waals surface area (Å²) in [6.45, 7) is -0.149. The maximum absolute atomic E-state index is 12.5. The molecule has 0 N–H and O–H groups in total. The lowest BCUT2D eigenvalue weighted by Gasteiger charge is -2.00. The minimum absolute atomic E-state index is 0.149. The van der Waals surface area contributed by atoms with Crippen LogP contribution >= 0.6 is 23.4 Å². The van der Waals surface area contributed by atoms with E-state index >= 15 is 0 Å². The van der Waals surface area contributed by atoms with Gasteiger partial charge in [-0.3, -0.25) is 4.79 Å². The van der Waals surface area contributed by atoms with Crippen LogP contribution in [0.15, 0.2) is 81.7 Å². The van der Waals surface area contributed by atoms with Crippen LogP contribution in [0.3, 0.4) is 0 Å². The molecule has 4 aromatic rings. The fourth-order valence-corrected chi connectivity index (χ4v) is 3.46. The van der Waals surface area contributed by atoms with E-state index in [1.165, 1.54) is 22.5 Å². The van der Waals surface area contributed by atoms with E-state index < -0.39 is 5.69 Å². The third-order valence-corrected chi connectivity index (χ3v) is 5.07. The number of ketones is 1. The average Bonchev–Trinajstić information content (AvgIpc) is 2.98. The second-order valence-corrected chi connectivity index (χ2v) is 7.27. The third kappa shape index (κ3) is 3.79. The Morgan fingerprint density at radius 2 is 1.81 bits per heavy atom. The van der Waals surface area contributed by atoms with E-state index in [4.69, 9.17) is 11.6 Å². The molecule has 0 aliphatic heterocycles. The number of rotatable bonds is 5. The maximum Gasteiger partial charge on any atom is 0.352 e. The van der Waals surface area contributed by atoms with Crippen LogP contribution < -0.4 is 5.69 Å². The molecule has 0 aliphatic carbocycles. The van der Waals surface area contributed by atoms with Crippen LogP contribution in [0.2, 0.25) is 5.02 Å². The van der Waals surface area contributed by atoms with Crippen LogP contribution in [0.4, 0.5) is 0 Å². The molecule has 4 rings (SSSR count). The van der Waals surface area contributed by atoms with Gasteiger partial charge in [0.05, 0.1) is 0 Å². The van der Waals surface area contributed by atoms with Crippen LogP contribution in [0.25, 0.3) is 5.65 Å². The molecule has 0 radical (unpaired) electrons. The number of halogens is 1. The Balaban J connectivity index is 1.60. The van der Waals surface area contributed by atoms with E-state index in [-0.39, 0.29) is 12.3 Å². The van der Waals surface area contributed by atoms with Gasteiger partial charge in [-0.2, -0.15) is 0 Å². The summed E-state index contributed by atoms with van der Waals surface area (Å²) in [5, 5.41) is 5.53. The van der Waals surface area contributed by atoms with Crippen LogP contribution in [0, 0.1) is 0 Å². The zero-order valence-corrected chi connectivity index (χ0v) is 15.5. The van der Waals surface area contributed by atoms with Crippen LogP contribution in [-0.4, -0.2) is 24.9 Å². The van der Waals surface area contributed by atoms with E-state index in [0.29, 0.717) is 16.2 Å². The summed E-state index contributed by atoms with van der Waals surface area (Å²) in [4.78, 5) is 30.2. The molecular weight excluding hydrogens is 384 g/mol. The lowest BCUT2D eigenvalue weighted by molar-refractivity contribution is 0.0966. The Morgan fingerprint density at radius 3 is 2.56 bits per heavy atom. The van der Waals surface area contributed by atoms with Gasteiger partial charge >= 0.3 is 5.69 Å². The molecular formula is C19H13ClN4O2S. The number of nitrogens with zero attached hydrogens (tertiary/aromatic N) is 4. The standard InChI is InChI=1S/C19H13ClN4O2S/c20-14-8-6-13(7-9-14)16(25)11-24-19(26)23-12-21-18(10-17(23)22-24)27-15-4-2-1-3-5-15/h1-10,12H,11H2. The second kappa shape index (κ2) is 7.38. The molecule has 0 spiro atoms. The minimum Gasteiger partial charge on any atom is -0.292 e. The summed E-state index contributed by atoms with van der Waals surface area (Å²) in [7, 11) is 0. The highest BCUT2D eigenvalue weighted by Gasteiger charge is 2.13. The van der Waals surface area contributed by atoms with Crippen molar-refractivity contribution in [2.24, 2.45) is 0 Å². The topological polar surface area (TPSA) is 69.3 Å². The first-order valence-electron chi connectivity index (χ1n) is 8.07. The van der Waals surface area contributed by atoms with Gasteiger partial charge in [-0.15, -0.1) is 5.10 Å². The molecule has 0 aliphatic rings. The molecule has 0 saturated carbocycles. The zero-order valence-electron chi connectivity index (χ0n) is 13.9. The number of fused-ring (bicyclic) bond motifs is 1. The van der Waals surface area contributed by atoms with Gasteiger partial charge in [0.2, 0.25) is 0 Å². The molecule has 27 heavy (non-hydrogen) atoms. The predicted molar refractivity (Wildman–Crippen MR) is 104 cm³/mol. The van der Waals surface area contributed by atoms with E-state index in [2.05, 4.69) is 10.1 Å². The van der Waals surface area contributed by atoms with Gasteiger partial charge in [0.15, 0.2) is 11.4 Å². The average molecular weight is 397 g/mol. The van der Waals surface area contributed by atoms with Crippen molar-refractivity contribution in [2.75, 3.05) is 0 Å². The molecule has 2 aromatic heterocycles. The Hall–Kier alpha value is -2.90. The van der Waals surface area contributed by atoms with Crippen molar-refractivity contribution in [3.05, 3.63) is 88.1 Å². The number of carbonyl (C=O) groups is 1. The molecule has 6 nitrogen and oxygen atoms in total. The minimum atomic E-state index is -0.406. The van der Waals surface area contributed by atoms with Crippen molar-refractivity contribution >= 4 is 34.8 Å². The van der Waals surface area contributed by atoms with Crippen molar-refractivity contribution in [1.82, 2.24) is 19.2 Å². The first-order chi connectivity index (χ1) is 13.1. The first-order valence-corrected chi connectivity index (χ1v) is 9.26. The van der Waals surface area contributed by atoms with Crippen molar-refractivity contribution in [1.29, 1.82) is 0 Å². The molecule has 0 saturated heterocycles. The van der Waals surface area contributed by atoms with Crippen LogP contribution in [0.5, 0.6) is 0 Å². The predicted octanol–water partition coefficient (Wildman–Crippen LogP) is 3.58. The molecule has 0 fully saturated rings. The molecule has 2 heterocycles. The zero-order chi connectivity index (χ0) is 18.8. The van der Waals surface area contributed by atoms with E-state index in [9.17, 15) is 9.59 Å². The summed E-state index contributed by atoms with van der Waals surface area (Å²) in [6, 6.07) is 18.0. The summed E-state index contributed by atoms with van der Waals surface area (Å²) in [6.07, 6.45) is 1.43. The lowest BCUT2D eigenvalue weighted by Crippen LogP contribution is -2.25. The van der Waals surface area contributed by atoms with Gasteiger partial charge in [0, 0.05) is 21.5 Å². The van der Waals surface area contributed by atoms with Crippen molar-refractivity contribution in [2.45, 2.75) is 16.5 Å². The molecule has 0 unspecified atom stereocenters. The SMILES string of the molecule is O=C(Cn1nc2cc(Sc3ccccc3)ncn2c1=O)c1ccc(Cl)cc1. The van der Waals surface area contributed by atoms with Gasteiger partial charge in [0.1, 0.15) is 17.9 Å². The summed E-state index contributed by atoms with van der Waals surface area (Å²) < 4.78 is 2.47. The second-order valence-electron chi connectivity index (χ2n) is 5.74. The van der Waals surface area contributed by atoms with Crippen molar-refractivity contribution < 1.29 is 4.79 Å². The van der Waals surface area contributed by atoms with Crippen LogP contribution in [0.1, 0.15) is 10.4 Å². The van der Waals surface area contributed by atoms with Gasteiger partial charge in [-0.05, 0) is 36.4 Å². The Morgan fingerprint density at radius 1 is 1.07 bits per heavy atom. The quantitative estimate of drug-likeness (QED) is 0.381. The highest BCUT2D eigenvalue weighted by Crippen LogP contribution is 2.25. The van der Waals surface area contributed by atoms with Crippen LogP contribution in [-0.2, 0) is 6.54 Å². The number of hydrogen-bond acceptors (Lipinski definition) is 5. The van der Waals surface area contributed by atoms with Gasteiger partial charge in [-0.25, -0.2) is 18.9 Å². The lowest BCUT2D eigenvalue weighted by atomic mass is 10.1. The molecule has 134 valence electrons. The molecule has 8 heteroatoms. The van der Waals surface area contributed by atoms with Crippen molar-refractivity contribution in [3.63, 3.8) is 0 Å². The summed E-state index contributed by atoms with van der Waals surface area (Å²) >= 11 is 7.31. The fourth-order valence-electron chi connectivity index (χ4n) is 2.54. The maximum atomic E-state index is 12.5. The van der Waals surface area contributed by atoms with E-state index in [1.54, 1.807) is 30.3 Å². The smallest absolute Gasteiger partial charge is 0.292 e. The third-order valence-electron chi connectivity index (χ3n) is 3.88. The first kappa shape index (κ1) is 17.5. The van der Waals surface area contributed by atoms with Gasteiger partial charge < -0.3 is 0 Å². The highest BCUT2D eigenvalue weighted by molar-refractivity contribution is 7.99. The Kier molecular flexibility index (Phi) is 4.79. The molecule has 0 atom stereocenters. The van der Waals surface area contributed by atoms with Crippen molar-refractivity contribution in [3.8, 4) is 0 Å². The Labute approximate surface area is 163 Å². The number of hydrogen-bond donors (Lipinski definition) is 0. The molecule has 0 amide bonds. The number of aromatic nitrogens is 4.